The fourth-order valence-electron chi connectivity index (χ4n) is 2.98. The predicted molar refractivity (Wildman–Crippen MR) is 109 cm³/mol. The SMILES string of the molecule is CC(c1cccc(CO)n1)N(C(=O)OCCc1cccc(Br)c1)C(C)(C)C. The van der Waals surface area contributed by atoms with Crippen molar-refractivity contribution in [3.05, 3.63) is 63.9 Å². The second kappa shape index (κ2) is 9.33. The number of pyridine rings is 1. The van der Waals surface area contributed by atoms with Crippen molar-refractivity contribution in [2.45, 2.75) is 52.3 Å². The molecule has 6 heteroatoms. The van der Waals surface area contributed by atoms with Gasteiger partial charge in [0.25, 0.3) is 0 Å². The minimum atomic E-state index is -0.441. The Morgan fingerprint density at radius 1 is 1.26 bits per heavy atom. The number of hydrogen-bond acceptors (Lipinski definition) is 4. The van der Waals surface area contributed by atoms with E-state index < -0.39 is 5.54 Å². The van der Waals surface area contributed by atoms with Crippen LogP contribution < -0.4 is 0 Å². The van der Waals surface area contributed by atoms with Crippen molar-refractivity contribution in [1.82, 2.24) is 9.88 Å². The summed E-state index contributed by atoms with van der Waals surface area (Å²) in [6.07, 6.45) is 0.275. The molecule has 0 aliphatic heterocycles. The summed E-state index contributed by atoms with van der Waals surface area (Å²) in [5.41, 5.74) is 1.96. The number of aliphatic hydroxyl groups is 1. The second-order valence-electron chi connectivity index (χ2n) is 7.42. The lowest BCUT2D eigenvalue weighted by Gasteiger charge is -2.39. The molecule has 0 saturated heterocycles. The molecule has 1 aromatic carbocycles. The van der Waals surface area contributed by atoms with Gasteiger partial charge in [0.15, 0.2) is 0 Å². The Kier molecular flexibility index (Phi) is 7.39. The van der Waals surface area contributed by atoms with Crippen LogP contribution in [0.5, 0.6) is 0 Å². The quantitative estimate of drug-likeness (QED) is 0.703. The summed E-state index contributed by atoms with van der Waals surface area (Å²) in [7, 11) is 0. The first-order valence-electron chi connectivity index (χ1n) is 8.99. The van der Waals surface area contributed by atoms with E-state index in [4.69, 9.17) is 4.74 Å². The maximum absolute atomic E-state index is 12.8. The number of aliphatic hydroxyl groups excluding tert-OH is 1. The van der Waals surface area contributed by atoms with Gasteiger partial charge in [0.1, 0.15) is 0 Å². The summed E-state index contributed by atoms with van der Waals surface area (Å²) in [6, 6.07) is 13.1. The monoisotopic (exact) mass is 434 g/mol. The predicted octanol–water partition coefficient (Wildman–Crippen LogP) is 4.88. The lowest BCUT2D eigenvalue weighted by molar-refractivity contribution is 0.0472. The smallest absolute Gasteiger partial charge is 0.410 e. The van der Waals surface area contributed by atoms with E-state index in [9.17, 15) is 9.90 Å². The lowest BCUT2D eigenvalue weighted by Crippen LogP contribution is -2.47. The zero-order valence-corrected chi connectivity index (χ0v) is 17.9. The Hall–Kier alpha value is -1.92. The lowest BCUT2D eigenvalue weighted by atomic mass is 10.0. The minimum absolute atomic E-state index is 0.132. The fraction of sp³-hybridized carbons (Fsp3) is 0.429. The van der Waals surface area contributed by atoms with E-state index in [0.29, 0.717) is 18.7 Å². The van der Waals surface area contributed by atoms with E-state index in [2.05, 4.69) is 20.9 Å². The molecular formula is C21H27BrN2O3. The third-order valence-electron chi connectivity index (χ3n) is 4.23. The van der Waals surface area contributed by atoms with E-state index in [1.54, 1.807) is 11.0 Å². The van der Waals surface area contributed by atoms with Crippen LogP contribution in [0.2, 0.25) is 0 Å². The average Bonchev–Trinajstić information content (AvgIpc) is 2.60. The van der Waals surface area contributed by atoms with Gasteiger partial charge < -0.3 is 9.84 Å². The first-order valence-corrected chi connectivity index (χ1v) is 9.79. The molecule has 0 aliphatic carbocycles. The van der Waals surface area contributed by atoms with Crippen LogP contribution in [-0.2, 0) is 17.8 Å². The van der Waals surface area contributed by atoms with Crippen molar-refractivity contribution in [3.8, 4) is 0 Å². The molecule has 0 radical (unpaired) electrons. The number of halogens is 1. The van der Waals surface area contributed by atoms with Gasteiger partial charge in [-0.3, -0.25) is 9.88 Å². The maximum Gasteiger partial charge on any atom is 0.410 e. The second-order valence-corrected chi connectivity index (χ2v) is 8.34. The highest BCUT2D eigenvalue weighted by molar-refractivity contribution is 9.10. The number of amides is 1. The van der Waals surface area contributed by atoms with E-state index in [1.165, 1.54) is 0 Å². The van der Waals surface area contributed by atoms with Crippen molar-refractivity contribution in [1.29, 1.82) is 0 Å². The van der Waals surface area contributed by atoms with Crippen LogP contribution in [0.25, 0.3) is 0 Å². The third-order valence-corrected chi connectivity index (χ3v) is 4.72. The summed E-state index contributed by atoms with van der Waals surface area (Å²) < 4.78 is 6.57. The Bertz CT molecular complexity index is 774. The van der Waals surface area contributed by atoms with Gasteiger partial charge in [-0.2, -0.15) is 0 Å². The molecule has 0 aliphatic rings. The highest BCUT2D eigenvalue weighted by atomic mass is 79.9. The van der Waals surface area contributed by atoms with Gasteiger partial charge in [-0.05, 0) is 57.5 Å². The molecule has 1 atom stereocenters. The summed E-state index contributed by atoms with van der Waals surface area (Å²) in [5, 5.41) is 9.32. The Labute approximate surface area is 169 Å². The normalized spacial score (nSPS) is 12.5. The third kappa shape index (κ3) is 6.04. The van der Waals surface area contributed by atoms with Crippen LogP contribution in [0.3, 0.4) is 0 Å². The van der Waals surface area contributed by atoms with Crippen molar-refractivity contribution in [2.24, 2.45) is 0 Å². The first kappa shape index (κ1) is 21.4. The van der Waals surface area contributed by atoms with Gasteiger partial charge in [0.05, 0.1) is 30.6 Å². The molecule has 1 heterocycles. The Balaban J connectivity index is 2.09. The van der Waals surface area contributed by atoms with Crippen molar-refractivity contribution < 1.29 is 14.6 Å². The van der Waals surface area contributed by atoms with Gasteiger partial charge in [-0.1, -0.05) is 34.1 Å². The number of carbonyl (C=O) groups excluding carboxylic acids is 1. The zero-order valence-electron chi connectivity index (χ0n) is 16.3. The highest BCUT2D eigenvalue weighted by Crippen LogP contribution is 2.28. The van der Waals surface area contributed by atoms with E-state index >= 15 is 0 Å². The topological polar surface area (TPSA) is 62.7 Å². The molecule has 2 aromatic rings. The largest absolute Gasteiger partial charge is 0.449 e. The zero-order chi connectivity index (χ0) is 20.0. The van der Waals surface area contributed by atoms with E-state index in [0.717, 1.165) is 15.7 Å². The molecule has 2 rings (SSSR count). The number of nitrogens with zero attached hydrogens (tertiary/aromatic N) is 2. The summed E-state index contributed by atoms with van der Waals surface area (Å²) in [5.74, 6) is 0. The summed E-state index contributed by atoms with van der Waals surface area (Å²) >= 11 is 3.45. The maximum atomic E-state index is 12.8. The van der Waals surface area contributed by atoms with E-state index in [1.807, 2.05) is 64.1 Å². The van der Waals surface area contributed by atoms with Crippen molar-refractivity contribution in [2.75, 3.05) is 6.61 Å². The van der Waals surface area contributed by atoms with Crippen LogP contribution in [-0.4, -0.2) is 33.2 Å². The average molecular weight is 435 g/mol. The minimum Gasteiger partial charge on any atom is -0.449 e. The number of rotatable bonds is 6. The molecule has 1 aromatic heterocycles. The van der Waals surface area contributed by atoms with Crippen molar-refractivity contribution >= 4 is 22.0 Å². The molecule has 0 spiro atoms. The van der Waals surface area contributed by atoms with Crippen LogP contribution in [0.1, 0.15) is 50.7 Å². The van der Waals surface area contributed by atoms with E-state index in [-0.39, 0.29) is 18.7 Å². The Morgan fingerprint density at radius 3 is 2.59 bits per heavy atom. The molecule has 1 amide bonds. The number of ether oxygens (including phenoxy) is 1. The molecule has 5 nitrogen and oxygen atoms in total. The number of hydrogen-bond donors (Lipinski definition) is 1. The number of carbonyl (C=O) groups is 1. The fourth-order valence-corrected chi connectivity index (χ4v) is 3.43. The van der Waals surface area contributed by atoms with Gasteiger partial charge in [0.2, 0.25) is 0 Å². The van der Waals surface area contributed by atoms with Crippen molar-refractivity contribution in [3.63, 3.8) is 0 Å². The molecule has 1 unspecified atom stereocenters. The summed E-state index contributed by atoms with van der Waals surface area (Å²) in [6.45, 7) is 8.00. The molecule has 1 N–H and O–H groups in total. The van der Waals surface area contributed by atoms with Crippen LogP contribution in [0.15, 0.2) is 46.9 Å². The molecule has 146 valence electrons. The number of aromatic nitrogens is 1. The molecular weight excluding hydrogens is 408 g/mol. The van der Waals surface area contributed by atoms with Crippen LogP contribution in [0, 0.1) is 0 Å². The van der Waals surface area contributed by atoms with Gasteiger partial charge >= 0.3 is 6.09 Å². The van der Waals surface area contributed by atoms with Gasteiger partial charge in [-0.25, -0.2) is 4.79 Å². The van der Waals surface area contributed by atoms with Gasteiger partial charge in [0, 0.05) is 16.4 Å². The first-order chi connectivity index (χ1) is 12.7. The van der Waals surface area contributed by atoms with Gasteiger partial charge in [-0.15, -0.1) is 0 Å². The Morgan fingerprint density at radius 2 is 1.96 bits per heavy atom. The molecule has 0 fully saturated rings. The highest BCUT2D eigenvalue weighted by Gasteiger charge is 2.33. The van der Waals surface area contributed by atoms with Crippen LogP contribution >= 0.6 is 15.9 Å². The van der Waals surface area contributed by atoms with Crippen LogP contribution in [0.4, 0.5) is 4.79 Å². The summed E-state index contributed by atoms with van der Waals surface area (Å²) in [4.78, 5) is 19.0. The molecule has 0 bridgehead atoms. The molecule has 0 saturated carbocycles. The molecule has 27 heavy (non-hydrogen) atoms. The standard InChI is InChI=1S/C21H27BrN2O3/c1-15(19-10-6-9-18(14-25)23-19)24(21(2,3)4)20(26)27-12-11-16-7-5-8-17(22)13-16/h5-10,13,15,25H,11-12,14H2,1-4H3. The number of benzene rings is 1.